The Labute approximate surface area is 191 Å². The summed E-state index contributed by atoms with van der Waals surface area (Å²) < 4.78 is 18.1. The van der Waals surface area contributed by atoms with E-state index in [0.717, 1.165) is 39.4 Å². The zero-order valence-electron chi connectivity index (χ0n) is 18.6. The van der Waals surface area contributed by atoms with Crippen molar-refractivity contribution in [1.82, 2.24) is 10.3 Å². The number of benzene rings is 3. The van der Waals surface area contributed by atoms with Gasteiger partial charge < -0.3 is 25.3 Å². The fourth-order valence-corrected chi connectivity index (χ4v) is 4.17. The van der Waals surface area contributed by atoms with Crippen molar-refractivity contribution in [2.24, 2.45) is 5.73 Å². The van der Waals surface area contributed by atoms with Crippen molar-refractivity contribution < 1.29 is 19.0 Å². The van der Waals surface area contributed by atoms with E-state index < -0.39 is 0 Å². The third-order valence-corrected chi connectivity index (χ3v) is 5.66. The molecule has 0 bridgehead atoms. The van der Waals surface area contributed by atoms with Gasteiger partial charge in [0, 0.05) is 42.9 Å². The molecule has 0 unspecified atom stereocenters. The minimum Gasteiger partial charge on any atom is -0.489 e. The minimum absolute atomic E-state index is 0.0859. The Morgan fingerprint density at radius 3 is 2.91 bits per heavy atom. The number of fused-ring (bicyclic) bond motifs is 4. The summed E-state index contributed by atoms with van der Waals surface area (Å²) in [4.78, 5) is 16.7. The van der Waals surface area contributed by atoms with Crippen molar-refractivity contribution in [3.8, 4) is 23.0 Å². The summed E-state index contributed by atoms with van der Waals surface area (Å²) in [6, 6.07) is 15.0. The van der Waals surface area contributed by atoms with E-state index in [2.05, 4.69) is 10.3 Å². The molecule has 0 saturated heterocycles. The summed E-state index contributed by atoms with van der Waals surface area (Å²) in [5.74, 6) is 2.64. The van der Waals surface area contributed by atoms with E-state index in [9.17, 15) is 4.79 Å². The van der Waals surface area contributed by atoms with Crippen LogP contribution in [0.3, 0.4) is 0 Å². The van der Waals surface area contributed by atoms with Gasteiger partial charge in [-0.3, -0.25) is 9.78 Å². The highest BCUT2D eigenvalue weighted by Crippen LogP contribution is 2.44. The van der Waals surface area contributed by atoms with Crippen LogP contribution in [0.1, 0.15) is 22.8 Å². The van der Waals surface area contributed by atoms with Crippen LogP contribution in [-0.4, -0.2) is 37.2 Å². The molecule has 0 spiro atoms. The molecule has 7 heteroatoms. The fraction of sp³-hybridized carbons (Fsp3) is 0.231. The Hall–Kier alpha value is -3.84. The number of carbonyl (C=O) groups is 1. The van der Waals surface area contributed by atoms with Crippen molar-refractivity contribution in [1.29, 1.82) is 0 Å². The van der Waals surface area contributed by atoms with Gasteiger partial charge in [-0.25, -0.2) is 0 Å². The second-order valence-electron chi connectivity index (χ2n) is 8.14. The first kappa shape index (κ1) is 21.0. The zero-order valence-corrected chi connectivity index (χ0v) is 18.6. The summed E-state index contributed by atoms with van der Waals surface area (Å²) in [6.07, 6.45) is 2.47. The highest BCUT2D eigenvalue weighted by molar-refractivity contribution is 6.07. The van der Waals surface area contributed by atoms with Crippen molar-refractivity contribution in [3.05, 3.63) is 65.9 Å². The lowest BCUT2D eigenvalue weighted by atomic mass is 10.0. The van der Waals surface area contributed by atoms with Gasteiger partial charge in [0.1, 0.15) is 18.1 Å². The molecular formula is C26H25N3O4. The smallest absolute Gasteiger partial charge is 0.251 e. The van der Waals surface area contributed by atoms with Gasteiger partial charge in [-0.1, -0.05) is 12.1 Å². The average molecular weight is 444 g/mol. The predicted molar refractivity (Wildman–Crippen MR) is 127 cm³/mol. The highest BCUT2D eigenvalue weighted by atomic mass is 16.5. The summed E-state index contributed by atoms with van der Waals surface area (Å²) in [5, 5.41) is 5.39. The number of hydrogen-bond acceptors (Lipinski definition) is 6. The van der Waals surface area contributed by atoms with Crippen LogP contribution in [0.2, 0.25) is 0 Å². The highest BCUT2D eigenvalue weighted by Gasteiger charge is 2.24. The maximum absolute atomic E-state index is 12.2. The van der Waals surface area contributed by atoms with Crippen LogP contribution in [0.15, 0.2) is 54.7 Å². The fourth-order valence-electron chi connectivity index (χ4n) is 4.17. The molecular weight excluding hydrogens is 418 g/mol. The predicted octanol–water partition coefficient (Wildman–Crippen LogP) is 4.20. The Morgan fingerprint density at radius 2 is 2.09 bits per heavy atom. The van der Waals surface area contributed by atoms with Gasteiger partial charge in [-0.05, 0) is 48.0 Å². The molecule has 7 nitrogen and oxygen atoms in total. The van der Waals surface area contributed by atoms with E-state index in [1.54, 1.807) is 13.2 Å². The number of amides is 1. The van der Waals surface area contributed by atoms with E-state index in [4.69, 9.17) is 19.9 Å². The summed E-state index contributed by atoms with van der Waals surface area (Å²) in [7, 11) is 1.63. The quantitative estimate of drug-likeness (QED) is 0.464. The third kappa shape index (κ3) is 3.91. The van der Waals surface area contributed by atoms with Crippen LogP contribution < -0.4 is 25.3 Å². The molecule has 1 aromatic heterocycles. The number of aromatic nitrogens is 1. The maximum Gasteiger partial charge on any atom is 0.251 e. The van der Waals surface area contributed by atoms with Gasteiger partial charge >= 0.3 is 0 Å². The first-order valence-corrected chi connectivity index (χ1v) is 10.9. The van der Waals surface area contributed by atoms with Gasteiger partial charge in [0.25, 0.3) is 5.91 Å². The summed E-state index contributed by atoms with van der Waals surface area (Å²) >= 11 is 0. The number of hydrogen-bond donors (Lipinski definition) is 2. The van der Waals surface area contributed by atoms with Gasteiger partial charge in [0.2, 0.25) is 0 Å². The second-order valence-corrected chi connectivity index (χ2v) is 8.14. The number of nitrogens with zero attached hydrogens (tertiary/aromatic N) is 1. The molecule has 2 heterocycles. The number of pyridine rings is 1. The van der Waals surface area contributed by atoms with Gasteiger partial charge in [-0.2, -0.15) is 0 Å². The van der Waals surface area contributed by atoms with Gasteiger partial charge in [0.05, 0.1) is 17.5 Å². The topological polar surface area (TPSA) is 95.7 Å². The largest absolute Gasteiger partial charge is 0.489 e. The van der Waals surface area contributed by atoms with Crippen molar-refractivity contribution in [2.75, 3.05) is 20.3 Å². The molecule has 5 rings (SSSR count). The molecule has 0 saturated carbocycles. The number of rotatable bonds is 6. The Bertz CT molecular complexity index is 1370. The van der Waals surface area contributed by atoms with Crippen LogP contribution in [0.5, 0.6) is 23.0 Å². The number of nitrogens with one attached hydrogen (secondary N) is 1. The van der Waals surface area contributed by atoms with E-state index >= 15 is 0 Å². The number of nitrogens with two attached hydrogens (primary N) is 1. The van der Waals surface area contributed by atoms with E-state index in [0.29, 0.717) is 36.0 Å². The van der Waals surface area contributed by atoms with Crippen LogP contribution in [0, 0.1) is 0 Å². The van der Waals surface area contributed by atoms with E-state index in [-0.39, 0.29) is 11.9 Å². The molecule has 3 N–H and O–H groups in total. The van der Waals surface area contributed by atoms with E-state index in [1.165, 1.54) is 0 Å². The zero-order chi connectivity index (χ0) is 22.9. The van der Waals surface area contributed by atoms with Crippen molar-refractivity contribution in [3.63, 3.8) is 0 Å². The van der Waals surface area contributed by atoms with E-state index in [1.807, 2.05) is 55.5 Å². The molecule has 1 aliphatic heterocycles. The standard InChI is InChI=1S/C26H25N3O4/c1-15(27)14-32-23-13-21-24(20-9-11-31-25(20)23)22(8-10-29-21)33-17-6-7-18-16(12-17)4-3-5-19(18)26(30)28-2/h3-8,10,12-13,15H,9,11,14,27H2,1-2H3,(H,28,30)/t15-/m0/s1. The molecule has 1 atom stereocenters. The first-order valence-electron chi connectivity index (χ1n) is 10.9. The van der Waals surface area contributed by atoms with Crippen molar-refractivity contribution >= 4 is 27.6 Å². The molecule has 1 aliphatic rings. The Kier molecular flexibility index (Phi) is 5.48. The Balaban J connectivity index is 1.55. The third-order valence-electron chi connectivity index (χ3n) is 5.66. The first-order chi connectivity index (χ1) is 16.0. The van der Waals surface area contributed by atoms with Crippen LogP contribution >= 0.6 is 0 Å². The van der Waals surface area contributed by atoms with Crippen molar-refractivity contribution in [2.45, 2.75) is 19.4 Å². The summed E-state index contributed by atoms with van der Waals surface area (Å²) in [5.41, 5.74) is 8.29. The molecule has 168 valence electrons. The molecule has 0 aliphatic carbocycles. The summed E-state index contributed by atoms with van der Waals surface area (Å²) in [6.45, 7) is 2.87. The lowest BCUT2D eigenvalue weighted by Gasteiger charge is -2.16. The normalized spacial score (nSPS) is 13.4. The molecule has 33 heavy (non-hydrogen) atoms. The minimum atomic E-state index is -0.119. The number of ether oxygens (including phenoxy) is 3. The van der Waals surface area contributed by atoms with Crippen LogP contribution in [0.4, 0.5) is 0 Å². The molecule has 1 amide bonds. The SMILES string of the molecule is CNC(=O)c1cccc2cc(Oc3ccnc4cc(OC[C@H](C)N)c5c(c34)CCO5)ccc12. The second kappa shape index (κ2) is 8.60. The lowest BCUT2D eigenvalue weighted by molar-refractivity contribution is 0.0964. The van der Waals surface area contributed by atoms with Gasteiger partial charge in [0.15, 0.2) is 11.5 Å². The molecule has 4 aromatic rings. The number of carbonyl (C=O) groups excluding carboxylic acids is 1. The lowest BCUT2D eigenvalue weighted by Crippen LogP contribution is -2.23. The molecule has 3 aromatic carbocycles. The average Bonchev–Trinajstić information content (AvgIpc) is 3.31. The Morgan fingerprint density at radius 1 is 1.21 bits per heavy atom. The molecule has 0 fully saturated rings. The maximum atomic E-state index is 12.2. The van der Waals surface area contributed by atoms with Crippen LogP contribution in [-0.2, 0) is 6.42 Å². The molecule has 0 radical (unpaired) electrons. The van der Waals surface area contributed by atoms with Gasteiger partial charge in [-0.15, -0.1) is 0 Å². The monoisotopic (exact) mass is 443 g/mol. The van der Waals surface area contributed by atoms with Crippen LogP contribution in [0.25, 0.3) is 21.7 Å².